The van der Waals surface area contributed by atoms with Gasteiger partial charge in [-0.05, 0) is 43.6 Å². The number of likely N-dealkylation sites (N-methyl/N-ethyl adjacent to an activating group) is 1. The number of aliphatic hydroxyl groups excluding tert-OH is 1. The first-order valence-electron chi connectivity index (χ1n) is 4.66. The standard InChI is InChI=1S/C9H21BrNO/c1-5-11(6-2,9(4)10)7-8(3)12/h8-9,12H,5-7H2,1-4H3/q+1. The number of aliphatic hydroxyl groups is 1. The molecule has 0 saturated carbocycles. The second-order valence-electron chi connectivity index (χ2n) is 3.46. The van der Waals surface area contributed by atoms with E-state index in [2.05, 4.69) is 36.7 Å². The molecule has 2 nitrogen and oxygen atoms in total. The second kappa shape index (κ2) is 5.20. The van der Waals surface area contributed by atoms with Crippen molar-refractivity contribution < 1.29 is 9.59 Å². The molecule has 0 aromatic carbocycles. The molecule has 0 heterocycles. The van der Waals surface area contributed by atoms with Crippen molar-refractivity contribution in [1.82, 2.24) is 0 Å². The molecule has 0 fully saturated rings. The molecule has 0 aliphatic carbocycles. The molecule has 3 heteroatoms. The van der Waals surface area contributed by atoms with Crippen molar-refractivity contribution >= 4 is 15.9 Å². The second-order valence-corrected chi connectivity index (χ2v) is 4.78. The highest BCUT2D eigenvalue weighted by Crippen LogP contribution is 2.18. The zero-order valence-electron chi connectivity index (χ0n) is 8.55. The minimum Gasteiger partial charge on any atom is -0.388 e. The Kier molecular flexibility index (Phi) is 5.37. The van der Waals surface area contributed by atoms with Crippen LogP contribution < -0.4 is 0 Å². The predicted octanol–water partition coefficient (Wildman–Crippen LogP) is 1.96. The van der Waals surface area contributed by atoms with E-state index in [4.69, 9.17) is 0 Å². The maximum Gasteiger partial charge on any atom is 0.141 e. The van der Waals surface area contributed by atoms with Crippen LogP contribution in [0.1, 0.15) is 27.7 Å². The largest absolute Gasteiger partial charge is 0.388 e. The number of rotatable bonds is 5. The summed E-state index contributed by atoms with van der Waals surface area (Å²) < 4.78 is 0.942. The summed E-state index contributed by atoms with van der Waals surface area (Å²) in [6.07, 6.45) is -0.218. The van der Waals surface area contributed by atoms with Crippen molar-refractivity contribution in [1.29, 1.82) is 0 Å². The Morgan fingerprint density at radius 3 is 1.75 bits per heavy atom. The first-order chi connectivity index (χ1) is 5.48. The smallest absolute Gasteiger partial charge is 0.141 e. The van der Waals surface area contributed by atoms with Gasteiger partial charge in [-0.15, -0.1) is 0 Å². The van der Waals surface area contributed by atoms with Crippen LogP contribution in [0.5, 0.6) is 0 Å². The number of hydrogen-bond donors (Lipinski definition) is 1. The van der Waals surface area contributed by atoms with Gasteiger partial charge in [0.1, 0.15) is 17.6 Å². The molecule has 2 unspecified atom stereocenters. The molecule has 0 aliphatic heterocycles. The summed E-state index contributed by atoms with van der Waals surface area (Å²) in [7, 11) is 0. The maximum absolute atomic E-state index is 9.36. The van der Waals surface area contributed by atoms with E-state index in [0.717, 1.165) is 24.1 Å². The molecule has 0 aromatic heterocycles. The molecule has 0 rings (SSSR count). The Morgan fingerprint density at radius 1 is 1.25 bits per heavy atom. The van der Waals surface area contributed by atoms with Crippen LogP contribution in [0.25, 0.3) is 0 Å². The van der Waals surface area contributed by atoms with Crippen molar-refractivity contribution in [3.8, 4) is 0 Å². The van der Waals surface area contributed by atoms with Crippen molar-refractivity contribution in [3.05, 3.63) is 0 Å². The molecule has 0 saturated heterocycles. The topological polar surface area (TPSA) is 20.2 Å². The number of alkyl halides is 1. The molecule has 0 radical (unpaired) electrons. The van der Waals surface area contributed by atoms with Gasteiger partial charge in [0.15, 0.2) is 0 Å². The lowest BCUT2D eigenvalue weighted by Crippen LogP contribution is -2.54. The van der Waals surface area contributed by atoms with E-state index in [1.165, 1.54) is 0 Å². The predicted molar refractivity (Wildman–Crippen MR) is 56.3 cm³/mol. The number of halogens is 1. The van der Waals surface area contributed by atoms with Crippen LogP contribution in [0.3, 0.4) is 0 Å². The number of hydrogen-bond acceptors (Lipinski definition) is 1. The molecule has 0 aromatic rings. The van der Waals surface area contributed by atoms with Gasteiger partial charge in [0.2, 0.25) is 0 Å². The molecule has 12 heavy (non-hydrogen) atoms. The highest BCUT2D eigenvalue weighted by molar-refractivity contribution is 9.09. The Hall–Kier alpha value is 0.400. The summed E-state index contributed by atoms with van der Waals surface area (Å²) in [4.78, 5) is 0.419. The van der Waals surface area contributed by atoms with Crippen molar-refractivity contribution in [2.45, 2.75) is 38.8 Å². The molecule has 0 spiro atoms. The normalized spacial score (nSPS) is 17.5. The zero-order valence-corrected chi connectivity index (χ0v) is 10.1. The third-order valence-corrected chi connectivity index (χ3v) is 3.51. The third-order valence-electron chi connectivity index (χ3n) is 2.64. The first kappa shape index (κ1) is 12.4. The molecule has 0 amide bonds. The summed E-state index contributed by atoms with van der Waals surface area (Å²) in [6.45, 7) is 11.3. The highest BCUT2D eigenvalue weighted by atomic mass is 79.9. The molecule has 0 bridgehead atoms. The maximum atomic E-state index is 9.36. The van der Waals surface area contributed by atoms with E-state index in [1.807, 2.05) is 6.92 Å². The Labute approximate surface area is 84.3 Å². The first-order valence-corrected chi connectivity index (χ1v) is 5.58. The molecular weight excluding hydrogens is 218 g/mol. The van der Waals surface area contributed by atoms with Crippen LogP contribution in [0.15, 0.2) is 0 Å². The lowest BCUT2D eigenvalue weighted by atomic mass is 10.2. The fourth-order valence-corrected chi connectivity index (χ4v) is 2.40. The summed E-state index contributed by atoms with van der Waals surface area (Å²) in [6, 6.07) is 0. The fraction of sp³-hybridized carbons (Fsp3) is 1.00. The van der Waals surface area contributed by atoms with Gasteiger partial charge >= 0.3 is 0 Å². The van der Waals surface area contributed by atoms with E-state index in [-0.39, 0.29) is 6.10 Å². The van der Waals surface area contributed by atoms with E-state index >= 15 is 0 Å². The zero-order chi connectivity index (χ0) is 9.78. The number of nitrogens with zero attached hydrogens (tertiary/aromatic N) is 1. The molecule has 2 atom stereocenters. The highest BCUT2D eigenvalue weighted by Gasteiger charge is 2.29. The lowest BCUT2D eigenvalue weighted by molar-refractivity contribution is -0.933. The van der Waals surface area contributed by atoms with Crippen LogP contribution in [-0.2, 0) is 0 Å². The van der Waals surface area contributed by atoms with Crippen LogP contribution in [0, 0.1) is 0 Å². The van der Waals surface area contributed by atoms with Crippen molar-refractivity contribution in [2.24, 2.45) is 0 Å². The van der Waals surface area contributed by atoms with Gasteiger partial charge in [0, 0.05) is 0 Å². The van der Waals surface area contributed by atoms with Crippen LogP contribution in [0.4, 0.5) is 0 Å². The lowest BCUT2D eigenvalue weighted by Gasteiger charge is -2.40. The van der Waals surface area contributed by atoms with Gasteiger partial charge in [-0.3, -0.25) is 0 Å². The quantitative estimate of drug-likeness (QED) is 0.442. The SMILES string of the molecule is CC[N+](CC)(CC(C)O)C(C)Br. The summed E-state index contributed by atoms with van der Waals surface area (Å²) in [5, 5.41) is 9.36. The third kappa shape index (κ3) is 3.04. The summed E-state index contributed by atoms with van der Waals surface area (Å²) >= 11 is 3.61. The van der Waals surface area contributed by atoms with Crippen LogP contribution in [0.2, 0.25) is 0 Å². The van der Waals surface area contributed by atoms with E-state index in [9.17, 15) is 5.11 Å². The molecule has 1 N–H and O–H groups in total. The average Bonchev–Trinajstić information content (AvgIpc) is 1.99. The van der Waals surface area contributed by atoms with Gasteiger partial charge in [-0.25, -0.2) is 0 Å². The fourth-order valence-electron chi connectivity index (χ4n) is 1.66. The molecule has 74 valence electrons. The van der Waals surface area contributed by atoms with E-state index in [0.29, 0.717) is 4.95 Å². The van der Waals surface area contributed by atoms with Gasteiger partial charge in [0.05, 0.1) is 13.1 Å². The number of quaternary nitrogens is 1. The molecule has 0 aliphatic rings. The van der Waals surface area contributed by atoms with Gasteiger partial charge in [-0.2, -0.15) is 0 Å². The van der Waals surface area contributed by atoms with Crippen LogP contribution in [-0.4, -0.2) is 40.3 Å². The monoisotopic (exact) mass is 238 g/mol. The average molecular weight is 239 g/mol. The Balaban J connectivity index is 4.35. The molecular formula is C9H21BrNO+. The van der Waals surface area contributed by atoms with Crippen molar-refractivity contribution in [3.63, 3.8) is 0 Å². The summed E-state index contributed by atoms with van der Waals surface area (Å²) in [5.74, 6) is 0. The van der Waals surface area contributed by atoms with Gasteiger partial charge in [0.25, 0.3) is 0 Å². The Bertz CT molecular complexity index is 122. The van der Waals surface area contributed by atoms with E-state index in [1.54, 1.807) is 0 Å². The Morgan fingerprint density at radius 2 is 1.67 bits per heavy atom. The minimum atomic E-state index is -0.218. The van der Waals surface area contributed by atoms with Gasteiger partial charge in [-0.1, -0.05) is 0 Å². The summed E-state index contributed by atoms with van der Waals surface area (Å²) in [5.41, 5.74) is 0. The van der Waals surface area contributed by atoms with E-state index < -0.39 is 0 Å². The van der Waals surface area contributed by atoms with Crippen molar-refractivity contribution in [2.75, 3.05) is 19.6 Å². The van der Waals surface area contributed by atoms with Gasteiger partial charge < -0.3 is 9.59 Å². The van der Waals surface area contributed by atoms with Crippen LogP contribution >= 0.6 is 15.9 Å². The minimum absolute atomic E-state index is 0.218.